The molecular formula is C3H3O2Y-. The van der Waals surface area contributed by atoms with Gasteiger partial charge in [0, 0.05) is 38.5 Å². The largest absolute Gasteiger partial charge is 0.534 e. The Morgan fingerprint density at radius 1 is 1.67 bits per heavy atom. The smallest absolute Gasteiger partial charge is 0.0121 e. The molecule has 0 aliphatic carbocycles. The Kier molecular flexibility index (Phi) is 8.77. The summed E-state index contributed by atoms with van der Waals surface area (Å²) in [5, 5.41) is 0. The molecule has 0 aliphatic heterocycles. The van der Waals surface area contributed by atoms with Crippen molar-refractivity contribution >= 4 is 12.1 Å². The molecule has 2 nitrogen and oxygen atoms in total. The van der Waals surface area contributed by atoms with Gasteiger partial charge in [-0.05, 0) is 6.92 Å². The first kappa shape index (κ1) is 9.67. The van der Waals surface area contributed by atoms with Crippen molar-refractivity contribution in [2.75, 3.05) is 0 Å². The number of ketones is 1. The van der Waals surface area contributed by atoms with Crippen LogP contribution >= 0.6 is 0 Å². The molecule has 0 spiro atoms. The number of carbonyl (C=O) groups is 1. The molecule has 0 aromatic rings. The maximum atomic E-state index is 9.39. The summed E-state index contributed by atoms with van der Waals surface area (Å²) >= 11 is 0. The molecule has 0 fully saturated rings. The number of carbonyl (C=O) groups excluding carboxylic acids is 2. The van der Waals surface area contributed by atoms with E-state index in [1.165, 1.54) is 0 Å². The van der Waals surface area contributed by atoms with E-state index in [9.17, 15) is 4.79 Å². The van der Waals surface area contributed by atoms with Gasteiger partial charge in [-0.3, -0.25) is 0 Å². The Balaban J connectivity index is 0. The molecule has 0 saturated carbocycles. The third-order valence-corrected chi connectivity index (χ3v) is 0.144. The molecule has 31 valence electrons. The number of rotatable bonds is 1. The molecule has 3 heteroatoms. The van der Waals surface area contributed by atoms with Gasteiger partial charge < -0.3 is 9.59 Å². The van der Waals surface area contributed by atoms with Crippen LogP contribution in [0.3, 0.4) is 0 Å². The summed E-state index contributed by atoms with van der Waals surface area (Å²) in [6.07, 6.45) is 1.14. The summed E-state index contributed by atoms with van der Waals surface area (Å²) < 4.78 is 0. The second kappa shape index (κ2) is 5.44. The zero-order valence-electron chi connectivity index (χ0n) is 3.39. The predicted molar refractivity (Wildman–Crippen MR) is 16.4 cm³/mol. The number of hydrogen-bond acceptors (Lipinski definition) is 2. The van der Waals surface area contributed by atoms with Crippen LogP contribution in [-0.4, -0.2) is 12.1 Å². The zero-order chi connectivity index (χ0) is 4.28. The van der Waals surface area contributed by atoms with Crippen molar-refractivity contribution in [1.29, 1.82) is 0 Å². The molecule has 0 bridgehead atoms. The quantitative estimate of drug-likeness (QED) is 0.389. The van der Waals surface area contributed by atoms with Crippen molar-refractivity contribution in [2.24, 2.45) is 0 Å². The van der Waals surface area contributed by atoms with Gasteiger partial charge in [0.1, 0.15) is 0 Å². The second-order valence-electron chi connectivity index (χ2n) is 0.658. The third-order valence-electron chi connectivity index (χ3n) is 0.144. The Morgan fingerprint density at radius 3 is 1.83 bits per heavy atom. The molecule has 1 radical (unpaired) electrons. The van der Waals surface area contributed by atoms with Gasteiger partial charge in [-0.2, -0.15) is 6.29 Å². The van der Waals surface area contributed by atoms with Crippen LogP contribution < -0.4 is 0 Å². The third kappa shape index (κ3) is 8.82. The minimum absolute atomic E-state index is 0. The van der Waals surface area contributed by atoms with E-state index in [1.807, 2.05) is 0 Å². The van der Waals surface area contributed by atoms with E-state index in [0.29, 0.717) is 0 Å². The summed E-state index contributed by atoms with van der Waals surface area (Å²) in [4.78, 5) is 18.4. The summed E-state index contributed by atoms with van der Waals surface area (Å²) in [7, 11) is 0. The maximum Gasteiger partial charge on any atom is 0.0121 e. The molecule has 0 saturated heterocycles. The summed E-state index contributed by atoms with van der Waals surface area (Å²) in [5.41, 5.74) is 0. The molecule has 0 N–H and O–H groups in total. The molecule has 0 rings (SSSR count). The van der Waals surface area contributed by atoms with Crippen LogP contribution in [0.25, 0.3) is 0 Å². The fourth-order valence-corrected chi connectivity index (χ4v) is 0. The van der Waals surface area contributed by atoms with Crippen LogP contribution in [0.15, 0.2) is 0 Å². The fourth-order valence-electron chi connectivity index (χ4n) is 0. The monoisotopic (exact) mass is 160 g/mol. The topological polar surface area (TPSA) is 34.1 Å². The molecular weight excluding hydrogens is 157 g/mol. The zero-order valence-corrected chi connectivity index (χ0v) is 6.23. The SMILES string of the molecule is CC(=O)[C-]=O.[Y]. The van der Waals surface area contributed by atoms with Crippen molar-refractivity contribution in [3.05, 3.63) is 0 Å². The summed E-state index contributed by atoms with van der Waals surface area (Å²) in [5.74, 6) is -0.551. The molecule has 0 unspecified atom stereocenters. The average molecular weight is 160 g/mol. The fraction of sp³-hybridized carbons (Fsp3) is 0.333. The molecule has 0 heterocycles. The Bertz CT molecular complexity index is 59.8. The van der Waals surface area contributed by atoms with Crippen molar-refractivity contribution in [1.82, 2.24) is 0 Å². The first-order valence-corrected chi connectivity index (χ1v) is 1.16. The van der Waals surface area contributed by atoms with Gasteiger partial charge in [-0.15, -0.1) is 0 Å². The van der Waals surface area contributed by atoms with Crippen LogP contribution in [0.2, 0.25) is 0 Å². The number of hydrogen-bond donors (Lipinski definition) is 0. The minimum Gasteiger partial charge on any atom is -0.534 e. The summed E-state index contributed by atoms with van der Waals surface area (Å²) in [6, 6.07) is 0. The molecule has 6 heavy (non-hydrogen) atoms. The van der Waals surface area contributed by atoms with E-state index >= 15 is 0 Å². The van der Waals surface area contributed by atoms with Gasteiger partial charge in [0.25, 0.3) is 0 Å². The van der Waals surface area contributed by atoms with Gasteiger partial charge in [0.15, 0.2) is 0 Å². The van der Waals surface area contributed by atoms with E-state index < -0.39 is 5.78 Å². The van der Waals surface area contributed by atoms with Crippen LogP contribution in [0.4, 0.5) is 0 Å². The van der Waals surface area contributed by atoms with Crippen molar-refractivity contribution < 1.29 is 42.3 Å². The van der Waals surface area contributed by atoms with E-state index in [4.69, 9.17) is 4.79 Å². The number of Topliss-reactive ketones (excluding diaryl/α,β-unsaturated/α-hetero) is 1. The maximum absolute atomic E-state index is 9.39. The minimum atomic E-state index is -0.551. The van der Waals surface area contributed by atoms with E-state index in [0.717, 1.165) is 13.2 Å². The Morgan fingerprint density at radius 2 is 1.83 bits per heavy atom. The normalized spacial score (nSPS) is 5.50. The van der Waals surface area contributed by atoms with Gasteiger partial charge >= 0.3 is 0 Å². The molecule has 0 atom stereocenters. The van der Waals surface area contributed by atoms with Gasteiger partial charge in [-0.1, -0.05) is 0 Å². The first-order valence-electron chi connectivity index (χ1n) is 1.16. The summed E-state index contributed by atoms with van der Waals surface area (Å²) in [6.45, 7) is 1.16. The second-order valence-corrected chi connectivity index (χ2v) is 0.658. The van der Waals surface area contributed by atoms with Crippen LogP contribution in [0, 0.1) is 0 Å². The van der Waals surface area contributed by atoms with Crippen LogP contribution in [0.5, 0.6) is 0 Å². The van der Waals surface area contributed by atoms with Crippen molar-refractivity contribution in [3.63, 3.8) is 0 Å². The van der Waals surface area contributed by atoms with Crippen molar-refractivity contribution in [3.8, 4) is 0 Å². The standard InChI is InChI=1S/C3H3O2.Y/c1-3(5)2-4;/h1H3;/q-1;. The molecule has 0 aromatic carbocycles. The van der Waals surface area contributed by atoms with E-state index in [2.05, 4.69) is 0 Å². The van der Waals surface area contributed by atoms with Gasteiger partial charge in [0.05, 0.1) is 0 Å². The van der Waals surface area contributed by atoms with Gasteiger partial charge in [0.2, 0.25) is 0 Å². The average Bonchev–Trinajstić information content (AvgIpc) is 1.38. The first-order chi connectivity index (χ1) is 2.27. The van der Waals surface area contributed by atoms with E-state index in [1.54, 1.807) is 0 Å². The predicted octanol–water partition coefficient (Wildman–Crippen LogP) is -0.317. The Labute approximate surface area is 61.2 Å². The van der Waals surface area contributed by atoms with Gasteiger partial charge in [-0.25, -0.2) is 0 Å². The Hall–Kier alpha value is 0.444. The van der Waals surface area contributed by atoms with Crippen LogP contribution in [-0.2, 0) is 42.3 Å². The molecule has 0 aliphatic rings. The van der Waals surface area contributed by atoms with Crippen molar-refractivity contribution in [2.45, 2.75) is 6.92 Å². The van der Waals surface area contributed by atoms with E-state index in [-0.39, 0.29) is 32.7 Å². The molecule has 0 amide bonds. The molecule has 0 aromatic heterocycles. The van der Waals surface area contributed by atoms with Crippen LogP contribution in [0.1, 0.15) is 6.92 Å².